The molecule has 0 bridgehead atoms. The largest absolute Gasteiger partial charge is 0.341 e. The molecule has 1 saturated heterocycles. The zero-order chi connectivity index (χ0) is 22.6. The minimum atomic E-state index is -3.77. The van der Waals surface area contributed by atoms with Crippen molar-refractivity contribution < 1.29 is 13.2 Å². The number of hydrogen-bond acceptors (Lipinski definition) is 6. The Bertz CT molecular complexity index is 1160. The summed E-state index contributed by atoms with van der Waals surface area (Å²) in [6.45, 7) is 1.13. The van der Waals surface area contributed by atoms with Gasteiger partial charge < -0.3 is 4.90 Å². The molecule has 1 aliphatic heterocycles. The number of carbonyl (C=O) groups excluding carboxylic acids is 1. The van der Waals surface area contributed by atoms with Crippen LogP contribution < -0.4 is 4.72 Å². The van der Waals surface area contributed by atoms with E-state index in [2.05, 4.69) is 14.9 Å². The van der Waals surface area contributed by atoms with Crippen molar-refractivity contribution in [3.63, 3.8) is 0 Å². The summed E-state index contributed by atoms with van der Waals surface area (Å²) in [5.74, 6) is 1.65. The van der Waals surface area contributed by atoms with Crippen molar-refractivity contribution in [1.29, 1.82) is 0 Å². The van der Waals surface area contributed by atoms with Crippen molar-refractivity contribution in [2.24, 2.45) is 0 Å². The van der Waals surface area contributed by atoms with Crippen LogP contribution in [0.5, 0.6) is 0 Å². The third-order valence-corrected chi connectivity index (χ3v) is 7.90. The molecule has 0 radical (unpaired) electrons. The van der Waals surface area contributed by atoms with Gasteiger partial charge in [-0.15, -0.1) is 10.2 Å². The molecule has 8 nitrogen and oxygen atoms in total. The highest BCUT2D eigenvalue weighted by Crippen LogP contribution is 2.27. The van der Waals surface area contributed by atoms with Crippen LogP contribution in [-0.2, 0) is 14.8 Å². The molecular weight excluding hydrogens is 446 g/mol. The molecule has 170 valence electrons. The summed E-state index contributed by atoms with van der Waals surface area (Å²) in [6, 6.07) is 13.2. The van der Waals surface area contributed by atoms with Crippen molar-refractivity contribution in [2.45, 2.75) is 36.1 Å². The minimum absolute atomic E-state index is 0.164. The number of pyridine rings is 1. The Balaban J connectivity index is 1.44. The molecule has 4 rings (SSSR count). The highest BCUT2D eigenvalue weighted by atomic mass is 32.2. The first kappa shape index (κ1) is 22.8. The normalized spacial score (nSPS) is 16.3. The lowest BCUT2D eigenvalue weighted by Gasteiger charge is -2.33. The summed E-state index contributed by atoms with van der Waals surface area (Å²) in [6.07, 6.45) is 5.88. The molecule has 0 saturated carbocycles. The maximum absolute atomic E-state index is 13.3. The van der Waals surface area contributed by atoms with Gasteiger partial charge in [-0.05, 0) is 55.5 Å². The van der Waals surface area contributed by atoms with Gasteiger partial charge in [-0.25, -0.2) is 8.42 Å². The average molecular weight is 474 g/mol. The first-order valence-corrected chi connectivity index (χ1v) is 13.5. The van der Waals surface area contributed by atoms with Gasteiger partial charge in [0, 0.05) is 25.2 Å². The van der Waals surface area contributed by atoms with E-state index in [1.165, 1.54) is 12.1 Å². The molecule has 1 fully saturated rings. The molecular formula is C22H27N5O3S2. The zero-order valence-electron chi connectivity index (χ0n) is 17.9. The molecule has 0 aliphatic carbocycles. The number of nitrogens with one attached hydrogen (secondary N) is 1. The lowest BCUT2D eigenvalue weighted by molar-refractivity contribution is -0.134. The summed E-state index contributed by atoms with van der Waals surface area (Å²) in [4.78, 5) is 15.2. The number of nitrogens with zero attached hydrogens (tertiary/aromatic N) is 4. The van der Waals surface area contributed by atoms with E-state index in [9.17, 15) is 13.2 Å². The number of hydrogen-bond donors (Lipinski definition) is 1. The monoisotopic (exact) mass is 473 g/mol. The number of aromatic nitrogens is 3. The van der Waals surface area contributed by atoms with Crippen LogP contribution in [0.15, 0.2) is 59.6 Å². The van der Waals surface area contributed by atoms with Crippen LogP contribution in [0.25, 0.3) is 5.65 Å². The maximum Gasteiger partial charge on any atom is 0.241 e. The number of sulfonamides is 1. The standard InChI is InChI=1S/C22H27N5O3S2/c1-31-16-12-19(25-32(29,30)18-7-3-2-4-8-18)22(28)26-14-10-17(11-15-26)21-24-23-20-9-5-6-13-27(20)21/h2-9,13,17,19,25H,10-12,14-16H2,1H3. The fourth-order valence-electron chi connectivity index (χ4n) is 4.04. The molecule has 2 aromatic heterocycles. The molecule has 1 aromatic carbocycles. The van der Waals surface area contributed by atoms with Crippen LogP contribution in [0.1, 0.15) is 31.0 Å². The fourth-order valence-corrected chi connectivity index (χ4v) is 5.76. The van der Waals surface area contributed by atoms with Gasteiger partial charge in [0.1, 0.15) is 11.9 Å². The van der Waals surface area contributed by atoms with Crippen molar-refractivity contribution in [3.05, 3.63) is 60.6 Å². The van der Waals surface area contributed by atoms with Gasteiger partial charge in [0.25, 0.3) is 0 Å². The van der Waals surface area contributed by atoms with E-state index in [4.69, 9.17) is 0 Å². The molecule has 32 heavy (non-hydrogen) atoms. The van der Waals surface area contributed by atoms with E-state index in [0.717, 1.165) is 24.3 Å². The van der Waals surface area contributed by atoms with Gasteiger partial charge in [-0.1, -0.05) is 24.3 Å². The average Bonchev–Trinajstić information content (AvgIpc) is 3.26. The number of likely N-dealkylation sites (tertiary alicyclic amines) is 1. The summed E-state index contributed by atoms with van der Waals surface area (Å²) < 4.78 is 30.3. The van der Waals surface area contributed by atoms with E-state index in [0.29, 0.717) is 25.3 Å². The predicted octanol–water partition coefficient (Wildman–Crippen LogP) is 2.54. The van der Waals surface area contributed by atoms with Crippen molar-refractivity contribution in [2.75, 3.05) is 25.1 Å². The Hall–Kier alpha value is -2.43. The number of piperidine rings is 1. The van der Waals surface area contributed by atoms with E-state index in [1.54, 1.807) is 34.9 Å². The Morgan fingerprint density at radius 1 is 1.12 bits per heavy atom. The van der Waals surface area contributed by atoms with Crippen molar-refractivity contribution in [3.8, 4) is 0 Å². The van der Waals surface area contributed by atoms with Crippen molar-refractivity contribution >= 4 is 33.3 Å². The van der Waals surface area contributed by atoms with Crippen LogP contribution in [0.3, 0.4) is 0 Å². The Kier molecular flexibility index (Phi) is 7.12. The highest BCUT2D eigenvalue weighted by molar-refractivity contribution is 7.98. The van der Waals surface area contributed by atoms with Gasteiger partial charge in [-0.3, -0.25) is 9.20 Å². The van der Waals surface area contributed by atoms with E-state index < -0.39 is 16.1 Å². The van der Waals surface area contributed by atoms with Gasteiger partial charge in [0.2, 0.25) is 15.9 Å². The predicted molar refractivity (Wildman–Crippen MR) is 125 cm³/mol. The molecule has 1 unspecified atom stereocenters. The second-order valence-electron chi connectivity index (χ2n) is 7.85. The SMILES string of the molecule is CSCCC(NS(=O)(=O)c1ccccc1)C(=O)N1CCC(c2nnc3ccccn23)CC1. The first-order chi connectivity index (χ1) is 15.5. The van der Waals surface area contributed by atoms with Crippen LogP contribution >= 0.6 is 11.8 Å². The number of thioether (sulfide) groups is 1. The number of carbonyl (C=O) groups is 1. The van der Waals surface area contributed by atoms with E-state index in [-0.39, 0.29) is 16.7 Å². The number of benzene rings is 1. The third-order valence-electron chi connectivity index (χ3n) is 5.77. The Morgan fingerprint density at radius 2 is 1.84 bits per heavy atom. The lowest BCUT2D eigenvalue weighted by Crippen LogP contribution is -2.50. The summed E-state index contributed by atoms with van der Waals surface area (Å²) in [5.41, 5.74) is 0.813. The van der Waals surface area contributed by atoms with Gasteiger partial charge in [0.05, 0.1) is 4.90 Å². The Labute approximate surface area is 192 Å². The lowest BCUT2D eigenvalue weighted by atomic mass is 9.95. The zero-order valence-corrected chi connectivity index (χ0v) is 19.6. The Morgan fingerprint density at radius 3 is 2.56 bits per heavy atom. The molecule has 1 atom stereocenters. The molecule has 1 N–H and O–H groups in total. The van der Waals surface area contributed by atoms with E-state index in [1.807, 2.05) is 35.1 Å². The van der Waals surface area contributed by atoms with Crippen LogP contribution in [0.2, 0.25) is 0 Å². The van der Waals surface area contributed by atoms with Crippen LogP contribution in [-0.4, -0.2) is 65.0 Å². The number of amides is 1. The van der Waals surface area contributed by atoms with Gasteiger partial charge in [-0.2, -0.15) is 16.5 Å². The molecule has 10 heteroatoms. The fraction of sp³-hybridized carbons (Fsp3) is 0.409. The molecule has 3 aromatic rings. The van der Waals surface area contributed by atoms with E-state index >= 15 is 0 Å². The summed E-state index contributed by atoms with van der Waals surface area (Å²) in [7, 11) is -3.77. The second kappa shape index (κ2) is 10.0. The quantitative estimate of drug-likeness (QED) is 0.540. The molecule has 1 aliphatic rings. The summed E-state index contributed by atoms with van der Waals surface area (Å²) in [5, 5.41) is 8.59. The number of rotatable bonds is 8. The minimum Gasteiger partial charge on any atom is -0.341 e. The number of fused-ring (bicyclic) bond motifs is 1. The van der Waals surface area contributed by atoms with Gasteiger partial charge >= 0.3 is 0 Å². The summed E-state index contributed by atoms with van der Waals surface area (Å²) >= 11 is 1.59. The van der Waals surface area contributed by atoms with Gasteiger partial charge in [0.15, 0.2) is 5.65 Å². The molecule has 0 spiro atoms. The second-order valence-corrected chi connectivity index (χ2v) is 10.6. The van der Waals surface area contributed by atoms with Crippen molar-refractivity contribution in [1.82, 2.24) is 24.2 Å². The molecule has 3 heterocycles. The first-order valence-electron chi connectivity index (χ1n) is 10.6. The topological polar surface area (TPSA) is 96.7 Å². The van der Waals surface area contributed by atoms with Crippen LogP contribution in [0, 0.1) is 0 Å². The highest BCUT2D eigenvalue weighted by Gasteiger charge is 2.32. The maximum atomic E-state index is 13.3. The van der Waals surface area contributed by atoms with Crippen LogP contribution in [0.4, 0.5) is 0 Å². The molecule has 1 amide bonds. The third kappa shape index (κ3) is 4.97. The smallest absolute Gasteiger partial charge is 0.241 e.